The van der Waals surface area contributed by atoms with E-state index in [0.29, 0.717) is 5.56 Å². The molecule has 0 radical (unpaired) electrons. The highest BCUT2D eigenvalue weighted by Crippen LogP contribution is 2.37. The number of halogens is 1. The van der Waals surface area contributed by atoms with Crippen molar-refractivity contribution in [1.29, 1.82) is 0 Å². The number of hydrogen-bond donors (Lipinski definition) is 1. The van der Waals surface area contributed by atoms with Gasteiger partial charge in [0.25, 0.3) is 5.91 Å². The Balaban J connectivity index is 1.91. The van der Waals surface area contributed by atoms with Crippen molar-refractivity contribution in [3.8, 4) is 0 Å². The van der Waals surface area contributed by atoms with E-state index in [1.807, 2.05) is 73.7 Å². The number of amides is 2. The number of carbonyl (C=O) groups excluding carboxylic acids is 2. The van der Waals surface area contributed by atoms with Gasteiger partial charge in [0.05, 0.1) is 11.6 Å². The summed E-state index contributed by atoms with van der Waals surface area (Å²) in [6.45, 7) is 2.01. The smallest absolute Gasteiger partial charge is 0.256 e. The topological polar surface area (TPSA) is 49.4 Å². The molecule has 0 fully saturated rings. The lowest BCUT2D eigenvalue weighted by Gasteiger charge is -2.31. The van der Waals surface area contributed by atoms with E-state index in [9.17, 15) is 9.59 Å². The summed E-state index contributed by atoms with van der Waals surface area (Å²) in [5, 5.41) is 2.97. The molecule has 0 aromatic heterocycles. The molecule has 0 saturated carbocycles. The number of nitrogens with zero attached hydrogens (tertiary/aromatic N) is 1. The van der Waals surface area contributed by atoms with Gasteiger partial charge in [-0.25, -0.2) is 0 Å². The maximum atomic E-state index is 13.5. The molecule has 5 heteroatoms. The van der Waals surface area contributed by atoms with E-state index in [1.54, 1.807) is 4.90 Å². The minimum Gasteiger partial charge on any atom is -0.324 e. The molecule has 3 aromatic rings. The van der Waals surface area contributed by atoms with Crippen LogP contribution >= 0.6 is 22.6 Å². The van der Waals surface area contributed by atoms with Gasteiger partial charge in [0.1, 0.15) is 6.54 Å². The second-order valence-electron chi connectivity index (χ2n) is 6.87. The van der Waals surface area contributed by atoms with Crippen molar-refractivity contribution in [3.05, 3.63) is 98.6 Å². The minimum absolute atomic E-state index is 0.00288. The lowest BCUT2D eigenvalue weighted by Crippen LogP contribution is -2.39. The van der Waals surface area contributed by atoms with Crippen LogP contribution < -0.4 is 5.32 Å². The highest BCUT2D eigenvalue weighted by atomic mass is 127. The molecule has 1 atom stereocenters. The Labute approximate surface area is 177 Å². The van der Waals surface area contributed by atoms with Crippen LogP contribution in [0.2, 0.25) is 0 Å². The molecule has 1 aliphatic heterocycles. The molecule has 0 aliphatic carbocycles. The first-order chi connectivity index (χ1) is 13.5. The summed E-state index contributed by atoms with van der Waals surface area (Å²) in [4.78, 5) is 27.8. The molecule has 4 rings (SSSR count). The van der Waals surface area contributed by atoms with E-state index < -0.39 is 0 Å². The van der Waals surface area contributed by atoms with E-state index in [2.05, 4.69) is 34.0 Å². The summed E-state index contributed by atoms with van der Waals surface area (Å²) < 4.78 is 0.867. The van der Waals surface area contributed by atoms with Crippen LogP contribution in [0.5, 0.6) is 0 Å². The van der Waals surface area contributed by atoms with E-state index in [4.69, 9.17) is 0 Å². The van der Waals surface area contributed by atoms with Gasteiger partial charge in [-0.2, -0.15) is 0 Å². The maximum Gasteiger partial charge on any atom is 0.256 e. The largest absolute Gasteiger partial charge is 0.324 e. The van der Waals surface area contributed by atoms with Crippen molar-refractivity contribution < 1.29 is 9.59 Å². The summed E-state index contributed by atoms with van der Waals surface area (Å²) in [5.74, 6) is -0.341. The van der Waals surface area contributed by atoms with Gasteiger partial charge < -0.3 is 10.2 Å². The first kappa shape index (κ1) is 18.7. The highest BCUT2D eigenvalue weighted by Gasteiger charge is 2.34. The molecule has 1 aliphatic rings. The Hall–Kier alpha value is -2.67. The Kier molecular flexibility index (Phi) is 5.17. The van der Waals surface area contributed by atoms with Gasteiger partial charge in [-0.05, 0) is 53.3 Å². The molecule has 4 nitrogen and oxygen atoms in total. The number of benzene rings is 3. The van der Waals surface area contributed by atoms with E-state index in [1.165, 1.54) is 0 Å². The molecule has 28 heavy (non-hydrogen) atoms. The van der Waals surface area contributed by atoms with Gasteiger partial charge in [-0.15, -0.1) is 0 Å². The Morgan fingerprint density at radius 1 is 1.04 bits per heavy atom. The number of hydrogen-bond acceptors (Lipinski definition) is 2. The van der Waals surface area contributed by atoms with Crippen LogP contribution in [0.25, 0.3) is 0 Å². The molecule has 1 unspecified atom stereocenters. The summed E-state index contributed by atoms with van der Waals surface area (Å²) in [6, 6.07) is 22.9. The van der Waals surface area contributed by atoms with Gasteiger partial charge in [0.2, 0.25) is 5.91 Å². The van der Waals surface area contributed by atoms with Crippen LogP contribution in [0.4, 0.5) is 5.69 Å². The highest BCUT2D eigenvalue weighted by molar-refractivity contribution is 14.1. The minimum atomic E-state index is -0.349. The third-order valence-electron chi connectivity index (χ3n) is 4.88. The van der Waals surface area contributed by atoms with Crippen LogP contribution in [-0.2, 0) is 4.79 Å². The first-order valence-electron chi connectivity index (χ1n) is 9.05. The quantitative estimate of drug-likeness (QED) is 0.535. The zero-order chi connectivity index (χ0) is 19.7. The lowest BCUT2D eigenvalue weighted by molar-refractivity contribution is -0.117. The van der Waals surface area contributed by atoms with Crippen LogP contribution in [0.1, 0.15) is 33.1 Å². The Bertz CT molecular complexity index is 1050. The average Bonchev–Trinajstić information content (AvgIpc) is 2.84. The summed E-state index contributed by atoms with van der Waals surface area (Å²) in [5.41, 5.74) is 4.34. The molecule has 140 valence electrons. The first-order valence-corrected chi connectivity index (χ1v) is 10.1. The summed E-state index contributed by atoms with van der Waals surface area (Å²) in [7, 11) is 0. The standard InChI is InChI=1S/C23H19IN2O2/c1-15-11-12-20-18(13-15)22(16-7-3-2-4-8-16)26(14-21(27)25-20)23(28)17-9-5-6-10-19(17)24/h2-13,22H,14H2,1H3,(H,25,27). The van der Waals surface area contributed by atoms with Crippen LogP contribution in [-0.4, -0.2) is 23.3 Å². The summed E-state index contributed by atoms with van der Waals surface area (Å²) in [6.07, 6.45) is 0. The van der Waals surface area contributed by atoms with Crippen molar-refractivity contribution in [2.75, 3.05) is 11.9 Å². The number of anilines is 1. The SMILES string of the molecule is Cc1ccc2c(c1)C(c1ccccc1)N(C(=O)c1ccccc1I)CC(=O)N2. The molecular weight excluding hydrogens is 463 g/mol. The fraction of sp³-hybridized carbons (Fsp3) is 0.130. The Morgan fingerprint density at radius 3 is 2.50 bits per heavy atom. The number of rotatable bonds is 2. The molecule has 0 saturated heterocycles. The van der Waals surface area contributed by atoms with Gasteiger partial charge in [0.15, 0.2) is 0 Å². The molecule has 1 N–H and O–H groups in total. The third kappa shape index (κ3) is 3.54. The molecule has 1 heterocycles. The van der Waals surface area contributed by atoms with Crippen molar-refractivity contribution in [1.82, 2.24) is 4.90 Å². The number of carbonyl (C=O) groups is 2. The number of nitrogens with one attached hydrogen (secondary N) is 1. The Morgan fingerprint density at radius 2 is 1.75 bits per heavy atom. The fourth-order valence-electron chi connectivity index (χ4n) is 3.60. The zero-order valence-corrected chi connectivity index (χ0v) is 17.5. The second-order valence-corrected chi connectivity index (χ2v) is 8.03. The lowest BCUT2D eigenvalue weighted by atomic mass is 9.94. The summed E-state index contributed by atoms with van der Waals surface area (Å²) >= 11 is 2.17. The molecular formula is C23H19IN2O2. The van der Waals surface area contributed by atoms with Gasteiger partial charge >= 0.3 is 0 Å². The molecule has 0 spiro atoms. The normalized spacial score (nSPS) is 16.1. The molecule has 0 bridgehead atoms. The fourth-order valence-corrected chi connectivity index (χ4v) is 4.22. The zero-order valence-electron chi connectivity index (χ0n) is 15.4. The average molecular weight is 482 g/mol. The van der Waals surface area contributed by atoms with E-state index >= 15 is 0 Å². The molecule has 2 amide bonds. The van der Waals surface area contributed by atoms with E-state index in [-0.39, 0.29) is 24.4 Å². The van der Waals surface area contributed by atoms with Crippen LogP contribution in [0, 0.1) is 10.5 Å². The van der Waals surface area contributed by atoms with Crippen LogP contribution in [0.15, 0.2) is 72.8 Å². The maximum absolute atomic E-state index is 13.5. The van der Waals surface area contributed by atoms with Crippen molar-refractivity contribution >= 4 is 40.1 Å². The van der Waals surface area contributed by atoms with Gasteiger partial charge in [-0.1, -0.05) is 60.2 Å². The number of aryl methyl sites for hydroxylation is 1. The van der Waals surface area contributed by atoms with Crippen molar-refractivity contribution in [3.63, 3.8) is 0 Å². The second kappa shape index (κ2) is 7.75. The van der Waals surface area contributed by atoms with Crippen molar-refractivity contribution in [2.24, 2.45) is 0 Å². The predicted octanol–water partition coefficient (Wildman–Crippen LogP) is 4.78. The van der Waals surface area contributed by atoms with Gasteiger partial charge in [-0.3, -0.25) is 9.59 Å². The molecule has 3 aromatic carbocycles. The van der Waals surface area contributed by atoms with Gasteiger partial charge in [0, 0.05) is 14.8 Å². The number of fused-ring (bicyclic) bond motifs is 1. The third-order valence-corrected chi connectivity index (χ3v) is 5.82. The van der Waals surface area contributed by atoms with E-state index in [0.717, 1.165) is 25.9 Å². The monoisotopic (exact) mass is 482 g/mol. The van der Waals surface area contributed by atoms with Crippen molar-refractivity contribution in [2.45, 2.75) is 13.0 Å². The van der Waals surface area contributed by atoms with Crippen LogP contribution in [0.3, 0.4) is 0 Å². The predicted molar refractivity (Wildman–Crippen MR) is 118 cm³/mol.